The van der Waals surface area contributed by atoms with E-state index in [1.807, 2.05) is 20.8 Å². The average Bonchev–Trinajstić information content (AvgIpc) is 2.79. The number of amides is 1. The van der Waals surface area contributed by atoms with Crippen LogP contribution >= 0.6 is 0 Å². The Bertz CT molecular complexity index is 1280. The summed E-state index contributed by atoms with van der Waals surface area (Å²) in [4.78, 5) is 45.4. The van der Waals surface area contributed by atoms with E-state index in [9.17, 15) is 14.4 Å². The zero-order chi connectivity index (χ0) is 24.3. The third-order valence-corrected chi connectivity index (χ3v) is 5.17. The second-order valence-corrected chi connectivity index (χ2v) is 7.73. The van der Waals surface area contributed by atoms with E-state index in [0.29, 0.717) is 41.6 Å². The van der Waals surface area contributed by atoms with Crippen molar-refractivity contribution in [1.82, 2.24) is 14.5 Å². The minimum absolute atomic E-state index is 0.0356. The average molecular weight is 456 g/mol. The fraction of sp³-hybridized carbons (Fsp3) is 0.391. The maximum atomic E-state index is 13.4. The highest BCUT2D eigenvalue weighted by atomic mass is 16.5. The summed E-state index contributed by atoms with van der Waals surface area (Å²) >= 11 is 0. The van der Waals surface area contributed by atoms with Gasteiger partial charge in [-0.2, -0.15) is 0 Å². The SMILES string of the molecule is CCCn1c(=O)[nH]c(=O)c2c(C(=O)Nc3cc(OC)c(OC)c(OC)c3)cc(C(C)C)nc21. The largest absolute Gasteiger partial charge is 0.493 e. The fourth-order valence-corrected chi connectivity index (χ4v) is 3.55. The molecule has 0 saturated carbocycles. The number of aryl methyl sites for hydroxylation is 1. The number of methoxy groups -OCH3 is 3. The number of aromatic nitrogens is 3. The molecule has 3 aromatic rings. The number of fused-ring (bicyclic) bond motifs is 1. The number of rotatable bonds is 8. The molecule has 0 bridgehead atoms. The Morgan fingerprint density at radius 1 is 1.09 bits per heavy atom. The molecule has 2 heterocycles. The van der Waals surface area contributed by atoms with Crippen molar-refractivity contribution in [3.8, 4) is 17.2 Å². The Hall–Kier alpha value is -3.82. The Morgan fingerprint density at radius 3 is 2.24 bits per heavy atom. The zero-order valence-corrected chi connectivity index (χ0v) is 19.6. The molecule has 0 spiro atoms. The standard InChI is InChI=1S/C23H28N4O6/c1-7-8-27-20-18(22(29)26-23(27)30)14(11-15(25-20)12(2)3)21(28)24-13-9-16(31-4)19(33-6)17(10-13)32-5/h9-12H,7-8H2,1-6H3,(H,24,28)(H,26,29,30). The van der Waals surface area contributed by atoms with Crippen LogP contribution in [0.5, 0.6) is 17.2 Å². The van der Waals surface area contributed by atoms with E-state index >= 15 is 0 Å². The molecule has 0 aliphatic carbocycles. The Labute approximate surface area is 190 Å². The van der Waals surface area contributed by atoms with Crippen LogP contribution in [-0.2, 0) is 6.54 Å². The molecule has 0 saturated heterocycles. The van der Waals surface area contributed by atoms with Crippen LogP contribution in [0.1, 0.15) is 49.2 Å². The highest BCUT2D eigenvalue weighted by Gasteiger charge is 2.22. The number of nitrogens with one attached hydrogen (secondary N) is 2. The van der Waals surface area contributed by atoms with Gasteiger partial charge in [-0.25, -0.2) is 9.78 Å². The summed E-state index contributed by atoms with van der Waals surface area (Å²) < 4.78 is 17.4. The van der Waals surface area contributed by atoms with Gasteiger partial charge in [-0.05, 0) is 18.4 Å². The minimum atomic E-state index is -0.666. The van der Waals surface area contributed by atoms with Crippen molar-refractivity contribution < 1.29 is 19.0 Å². The molecule has 2 N–H and O–H groups in total. The summed E-state index contributed by atoms with van der Waals surface area (Å²) in [6.45, 7) is 6.11. The van der Waals surface area contributed by atoms with Gasteiger partial charge in [-0.15, -0.1) is 0 Å². The molecule has 176 valence electrons. The Balaban J connectivity index is 2.21. The third-order valence-electron chi connectivity index (χ3n) is 5.17. The molecular weight excluding hydrogens is 428 g/mol. The van der Waals surface area contributed by atoms with Gasteiger partial charge in [0, 0.05) is 30.1 Å². The fourth-order valence-electron chi connectivity index (χ4n) is 3.55. The van der Waals surface area contributed by atoms with Crippen molar-refractivity contribution in [3.63, 3.8) is 0 Å². The second-order valence-electron chi connectivity index (χ2n) is 7.73. The topological polar surface area (TPSA) is 125 Å². The Kier molecular flexibility index (Phi) is 7.05. The van der Waals surface area contributed by atoms with E-state index in [2.05, 4.69) is 15.3 Å². The molecule has 10 nitrogen and oxygen atoms in total. The van der Waals surface area contributed by atoms with Gasteiger partial charge in [0.1, 0.15) is 0 Å². The van der Waals surface area contributed by atoms with E-state index < -0.39 is 17.2 Å². The molecule has 0 fully saturated rings. The van der Waals surface area contributed by atoms with E-state index in [-0.39, 0.29) is 22.5 Å². The van der Waals surface area contributed by atoms with Crippen molar-refractivity contribution in [2.24, 2.45) is 0 Å². The quantitative estimate of drug-likeness (QED) is 0.534. The molecule has 33 heavy (non-hydrogen) atoms. The van der Waals surface area contributed by atoms with E-state index in [1.54, 1.807) is 18.2 Å². The summed E-state index contributed by atoms with van der Waals surface area (Å²) in [7, 11) is 4.43. The van der Waals surface area contributed by atoms with Crippen LogP contribution in [0.15, 0.2) is 27.8 Å². The summed E-state index contributed by atoms with van der Waals surface area (Å²) in [5, 5.41) is 2.84. The lowest BCUT2D eigenvalue weighted by molar-refractivity contribution is 0.102. The lowest BCUT2D eigenvalue weighted by Gasteiger charge is -2.16. The first-order valence-corrected chi connectivity index (χ1v) is 10.5. The van der Waals surface area contributed by atoms with Crippen LogP contribution in [-0.4, -0.2) is 41.8 Å². The van der Waals surface area contributed by atoms with Crippen molar-refractivity contribution >= 4 is 22.6 Å². The number of anilines is 1. The molecule has 1 amide bonds. The summed E-state index contributed by atoms with van der Waals surface area (Å²) in [5.74, 6) is 0.542. The van der Waals surface area contributed by atoms with Crippen LogP contribution in [0.3, 0.4) is 0 Å². The monoisotopic (exact) mass is 456 g/mol. The lowest BCUT2D eigenvalue weighted by Crippen LogP contribution is -2.32. The predicted molar refractivity (Wildman–Crippen MR) is 125 cm³/mol. The van der Waals surface area contributed by atoms with Gasteiger partial charge in [0.25, 0.3) is 11.5 Å². The molecule has 0 radical (unpaired) electrons. The van der Waals surface area contributed by atoms with E-state index in [0.717, 1.165) is 0 Å². The highest BCUT2D eigenvalue weighted by Crippen LogP contribution is 2.40. The van der Waals surface area contributed by atoms with Gasteiger partial charge in [0.2, 0.25) is 5.75 Å². The Morgan fingerprint density at radius 2 is 1.73 bits per heavy atom. The highest BCUT2D eigenvalue weighted by molar-refractivity contribution is 6.12. The normalized spacial score (nSPS) is 11.0. The first-order valence-electron chi connectivity index (χ1n) is 10.5. The van der Waals surface area contributed by atoms with E-state index in [1.165, 1.54) is 25.9 Å². The predicted octanol–water partition coefficient (Wildman–Crippen LogP) is 2.90. The van der Waals surface area contributed by atoms with Gasteiger partial charge in [-0.3, -0.25) is 19.1 Å². The number of hydrogen-bond acceptors (Lipinski definition) is 7. The molecule has 0 unspecified atom stereocenters. The molecule has 0 aliphatic rings. The number of pyridine rings is 1. The van der Waals surface area contributed by atoms with Crippen LogP contribution < -0.4 is 30.8 Å². The van der Waals surface area contributed by atoms with Crippen molar-refractivity contribution in [3.05, 3.63) is 50.3 Å². The number of carbonyl (C=O) groups is 1. The maximum absolute atomic E-state index is 13.4. The number of nitrogens with zero attached hydrogens (tertiary/aromatic N) is 2. The minimum Gasteiger partial charge on any atom is -0.493 e. The van der Waals surface area contributed by atoms with E-state index in [4.69, 9.17) is 14.2 Å². The van der Waals surface area contributed by atoms with Gasteiger partial charge < -0.3 is 19.5 Å². The molecular formula is C23H28N4O6. The van der Waals surface area contributed by atoms with Crippen molar-refractivity contribution in [2.75, 3.05) is 26.6 Å². The first-order chi connectivity index (χ1) is 15.7. The third kappa shape index (κ3) is 4.55. The molecule has 0 atom stereocenters. The van der Waals surface area contributed by atoms with Gasteiger partial charge in [-0.1, -0.05) is 20.8 Å². The molecule has 2 aromatic heterocycles. The zero-order valence-electron chi connectivity index (χ0n) is 19.6. The lowest BCUT2D eigenvalue weighted by atomic mass is 10.0. The van der Waals surface area contributed by atoms with Gasteiger partial charge >= 0.3 is 5.69 Å². The molecule has 1 aromatic carbocycles. The van der Waals surface area contributed by atoms with Crippen LogP contribution in [0.25, 0.3) is 11.0 Å². The molecule has 10 heteroatoms. The van der Waals surface area contributed by atoms with Crippen molar-refractivity contribution in [1.29, 1.82) is 0 Å². The number of ether oxygens (including phenoxy) is 3. The number of benzene rings is 1. The molecule has 0 aliphatic heterocycles. The summed E-state index contributed by atoms with van der Waals surface area (Å²) in [6, 6.07) is 4.75. The number of hydrogen-bond donors (Lipinski definition) is 2. The summed E-state index contributed by atoms with van der Waals surface area (Å²) in [5.41, 5.74) is 0.0469. The van der Waals surface area contributed by atoms with Crippen LogP contribution in [0.2, 0.25) is 0 Å². The maximum Gasteiger partial charge on any atom is 0.329 e. The van der Waals surface area contributed by atoms with Crippen molar-refractivity contribution in [2.45, 2.75) is 39.7 Å². The number of H-pyrrole nitrogens is 1. The second kappa shape index (κ2) is 9.76. The summed E-state index contributed by atoms with van der Waals surface area (Å²) in [6.07, 6.45) is 0.654. The van der Waals surface area contributed by atoms with Crippen LogP contribution in [0, 0.1) is 0 Å². The number of carbonyl (C=O) groups excluding carboxylic acids is 1. The molecule has 3 rings (SSSR count). The van der Waals surface area contributed by atoms with Gasteiger partial charge in [0.05, 0.1) is 32.3 Å². The smallest absolute Gasteiger partial charge is 0.329 e. The van der Waals surface area contributed by atoms with Crippen LogP contribution in [0.4, 0.5) is 5.69 Å². The van der Waals surface area contributed by atoms with Gasteiger partial charge in [0.15, 0.2) is 17.1 Å². The first kappa shape index (κ1) is 23.8. The number of aromatic amines is 1.